The normalized spacial score (nSPS) is 10.8. The van der Waals surface area contributed by atoms with Crippen LogP contribution in [0, 0.1) is 11.3 Å². The first-order chi connectivity index (χ1) is 7.60. The van der Waals surface area contributed by atoms with Gasteiger partial charge in [-0.3, -0.25) is 4.79 Å². The minimum atomic E-state index is -0.825. The smallest absolute Gasteiger partial charge is 0.314 e. The zero-order chi connectivity index (χ0) is 12.2. The van der Waals surface area contributed by atoms with Crippen LogP contribution in [-0.4, -0.2) is 11.1 Å². The fourth-order valence-corrected chi connectivity index (χ4v) is 1.95. The lowest BCUT2D eigenvalue weighted by molar-refractivity contribution is -0.144. The highest BCUT2D eigenvalue weighted by Crippen LogP contribution is 2.32. The van der Waals surface area contributed by atoms with Crippen LogP contribution >= 0.6 is 0 Å². The first-order valence-electron chi connectivity index (χ1n) is 5.34. The monoisotopic (exact) mass is 217 g/mol. The van der Waals surface area contributed by atoms with Crippen LogP contribution in [0.25, 0.3) is 0 Å². The summed E-state index contributed by atoms with van der Waals surface area (Å²) in [5, 5.41) is 18.0. The molecule has 1 aromatic carbocycles. The number of aliphatic carboxylic acids is 1. The third-order valence-electron chi connectivity index (χ3n) is 3.18. The van der Waals surface area contributed by atoms with Gasteiger partial charge in [0.25, 0.3) is 0 Å². The van der Waals surface area contributed by atoms with Gasteiger partial charge in [0.1, 0.15) is 0 Å². The van der Waals surface area contributed by atoms with Crippen molar-refractivity contribution in [1.82, 2.24) is 0 Å². The van der Waals surface area contributed by atoms with E-state index in [1.54, 1.807) is 24.3 Å². The number of hydrogen-bond donors (Lipinski definition) is 1. The maximum absolute atomic E-state index is 11.4. The fraction of sp³-hybridized carbons (Fsp3) is 0.385. The maximum Gasteiger partial charge on any atom is 0.314 e. The van der Waals surface area contributed by atoms with Crippen molar-refractivity contribution in [3.8, 4) is 6.07 Å². The van der Waals surface area contributed by atoms with Gasteiger partial charge in [0.15, 0.2) is 0 Å². The molecule has 3 nitrogen and oxygen atoms in total. The number of carboxylic acid groups (broad SMARTS) is 1. The first kappa shape index (κ1) is 12.3. The van der Waals surface area contributed by atoms with Crippen molar-refractivity contribution in [3.63, 3.8) is 0 Å². The highest BCUT2D eigenvalue weighted by Gasteiger charge is 2.36. The molecular weight excluding hydrogens is 202 g/mol. The Bertz CT molecular complexity index is 411. The van der Waals surface area contributed by atoms with Gasteiger partial charge in [0.2, 0.25) is 0 Å². The summed E-state index contributed by atoms with van der Waals surface area (Å²) in [4.78, 5) is 11.4. The van der Waals surface area contributed by atoms with Gasteiger partial charge in [-0.15, -0.1) is 0 Å². The van der Waals surface area contributed by atoms with Crippen molar-refractivity contribution in [2.24, 2.45) is 0 Å². The summed E-state index contributed by atoms with van der Waals surface area (Å²) in [7, 11) is 0. The second kappa shape index (κ2) is 4.80. The number of hydrogen-bond acceptors (Lipinski definition) is 2. The summed E-state index contributed by atoms with van der Waals surface area (Å²) < 4.78 is 0. The highest BCUT2D eigenvalue weighted by molar-refractivity contribution is 5.81. The predicted molar refractivity (Wildman–Crippen MR) is 61.1 cm³/mol. The van der Waals surface area contributed by atoms with E-state index in [9.17, 15) is 9.90 Å². The largest absolute Gasteiger partial charge is 0.481 e. The molecule has 0 bridgehead atoms. The van der Waals surface area contributed by atoms with Crippen molar-refractivity contribution in [2.75, 3.05) is 0 Å². The van der Waals surface area contributed by atoms with Gasteiger partial charge in [-0.2, -0.15) is 5.26 Å². The fourth-order valence-electron chi connectivity index (χ4n) is 1.95. The number of carbonyl (C=O) groups is 1. The Morgan fingerprint density at radius 2 is 1.81 bits per heavy atom. The molecule has 0 saturated heterocycles. The average Bonchev–Trinajstić information content (AvgIpc) is 2.32. The Morgan fingerprint density at radius 1 is 1.31 bits per heavy atom. The summed E-state index contributed by atoms with van der Waals surface area (Å²) in [5.41, 5.74) is 0.493. The Balaban J connectivity index is 3.22. The molecule has 3 heteroatoms. The van der Waals surface area contributed by atoms with Crippen LogP contribution in [0.5, 0.6) is 0 Å². The molecule has 1 N–H and O–H groups in total. The van der Waals surface area contributed by atoms with E-state index < -0.39 is 11.4 Å². The molecule has 0 aliphatic rings. The quantitative estimate of drug-likeness (QED) is 0.843. The van der Waals surface area contributed by atoms with E-state index in [0.29, 0.717) is 18.4 Å². The second-order valence-corrected chi connectivity index (χ2v) is 3.78. The number of benzene rings is 1. The molecule has 0 saturated carbocycles. The van der Waals surface area contributed by atoms with Gasteiger partial charge < -0.3 is 5.11 Å². The number of nitrogens with zero attached hydrogens (tertiary/aromatic N) is 1. The van der Waals surface area contributed by atoms with Gasteiger partial charge >= 0.3 is 5.97 Å². The van der Waals surface area contributed by atoms with Crippen LogP contribution in [0.2, 0.25) is 0 Å². The van der Waals surface area contributed by atoms with Crippen molar-refractivity contribution in [2.45, 2.75) is 32.1 Å². The zero-order valence-corrected chi connectivity index (χ0v) is 9.53. The van der Waals surface area contributed by atoms with Crippen LogP contribution < -0.4 is 0 Å². The zero-order valence-electron chi connectivity index (χ0n) is 9.53. The number of nitriles is 1. The van der Waals surface area contributed by atoms with Gasteiger partial charge in [0.05, 0.1) is 17.0 Å². The molecule has 0 aliphatic carbocycles. The molecule has 0 aliphatic heterocycles. The Labute approximate surface area is 95.3 Å². The Hall–Kier alpha value is -1.82. The first-order valence-corrected chi connectivity index (χ1v) is 5.34. The average molecular weight is 217 g/mol. The molecular formula is C13H15NO2. The van der Waals surface area contributed by atoms with Gasteiger partial charge in [-0.25, -0.2) is 0 Å². The van der Waals surface area contributed by atoms with E-state index in [0.717, 1.165) is 5.56 Å². The SMILES string of the molecule is CCC(CC)(C(=O)O)c1ccc(C#N)cc1. The molecule has 16 heavy (non-hydrogen) atoms. The summed E-state index contributed by atoms with van der Waals surface area (Å²) in [6.45, 7) is 3.74. The predicted octanol–water partition coefficient (Wildman–Crippen LogP) is 2.70. The lowest BCUT2D eigenvalue weighted by atomic mass is 9.76. The summed E-state index contributed by atoms with van der Waals surface area (Å²) in [6, 6.07) is 8.83. The molecule has 0 amide bonds. The summed E-state index contributed by atoms with van der Waals surface area (Å²) in [6.07, 6.45) is 1.09. The molecule has 0 radical (unpaired) electrons. The van der Waals surface area contributed by atoms with Crippen LogP contribution in [-0.2, 0) is 10.2 Å². The molecule has 0 fully saturated rings. The Morgan fingerprint density at radius 3 is 2.12 bits per heavy atom. The minimum Gasteiger partial charge on any atom is -0.481 e. The van der Waals surface area contributed by atoms with E-state index in [4.69, 9.17) is 5.26 Å². The molecule has 0 aromatic heterocycles. The summed E-state index contributed by atoms with van der Waals surface area (Å²) >= 11 is 0. The number of rotatable bonds is 4. The van der Waals surface area contributed by atoms with Crippen LogP contribution in [0.15, 0.2) is 24.3 Å². The lowest BCUT2D eigenvalue weighted by Gasteiger charge is -2.27. The van der Waals surface area contributed by atoms with E-state index in [1.165, 1.54) is 0 Å². The van der Waals surface area contributed by atoms with Crippen molar-refractivity contribution in [1.29, 1.82) is 5.26 Å². The van der Waals surface area contributed by atoms with E-state index in [2.05, 4.69) is 0 Å². The topological polar surface area (TPSA) is 61.1 Å². The molecule has 0 atom stereocenters. The number of carboxylic acids is 1. The van der Waals surface area contributed by atoms with Crippen LogP contribution in [0.1, 0.15) is 37.8 Å². The molecule has 0 heterocycles. The van der Waals surface area contributed by atoms with Gasteiger partial charge in [-0.1, -0.05) is 26.0 Å². The van der Waals surface area contributed by atoms with Crippen LogP contribution in [0.4, 0.5) is 0 Å². The standard InChI is InChI=1S/C13H15NO2/c1-3-13(4-2,12(15)16)11-7-5-10(9-14)6-8-11/h5-8H,3-4H2,1-2H3,(H,15,16). The van der Waals surface area contributed by atoms with Gasteiger partial charge in [0, 0.05) is 0 Å². The molecule has 1 rings (SSSR count). The van der Waals surface area contributed by atoms with Gasteiger partial charge in [-0.05, 0) is 30.5 Å². The molecule has 0 spiro atoms. The van der Waals surface area contributed by atoms with E-state index >= 15 is 0 Å². The molecule has 0 unspecified atom stereocenters. The third kappa shape index (κ3) is 1.92. The summed E-state index contributed by atoms with van der Waals surface area (Å²) in [5.74, 6) is -0.804. The third-order valence-corrected chi connectivity index (χ3v) is 3.18. The van der Waals surface area contributed by atoms with E-state index in [1.807, 2.05) is 19.9 Å². The minimum absolute atomic E-state index is 0.546. The maximum atomic E-state index is 11.4. The molecule has 84 valence electrons. The molecule has 1 aromatic rings. The highest BCUT2D eigenvalue weighted by atomic mass is 16.4. The van der Waals surface area contributed by atoms with Crippen molar-refractivity contribution >= 4 is 5.97 Å². The Kier molecular flexibility index (Phi) is 3.68. The lowest BCUT2D eigenvalue weighted by Crippen LogP contribution is -2.34. The van der Waals surface area contributed by atoms with Crippen LogP contribution in [0.3, 0.4) is 0 Å². The van der Waals surface area contributed by atoms with Crippen molar-refractivity contribution < 1.29 is 9.90 Å². The van der Waals surface area contributed by atoms with Crippen molar-refractivity contribution in [3.05, 3.63) is 35.4 Å². The van der Waals surface area contributed by atoms with E-state index in [-0.39, 0.29) is 0 Å². The second-order valence-electron chi connectivity index (χ2n) is 3.78.